The molecule has 0 aliphatic carbocycles. The SMILES string of the molecule is FC(C(F)(F)Cl)C(F)(F)C(F)(F)F. The lowest BCUT2D eigenvalue weighted by Crippen LogP contribution is -2.51. The Morgan fingerprint density at radius 2 is 1.15 bits per heavy atom. The number of rotatable bonds is 2. The van der Waals surface area contributed by atoms with Gasteiger partial charge in [0.2, 0.25) is 0 Å². The second-order valence-corrected chi connectivity index (χ2v) is 2.53. The molecule has 0 bridgehead atoms. The summed E-state index contributed by atoms with van der Waals surface area (Å²) in [5.41, 5.74) is 0. The van der Waals surface area contributed by atoms with Crippen molar-refractivity contribution < 1.29 is 35.1 Å². The zero-order valence-corrected chi connectivity index (χ0v) is 6.23. The van der Waals surface area contributed by atoms with Crippen molar-refractivity contribution in [3.8, 4) is 0 Å². The van der Waals surface area contributed by atoms with Crippen molar-refractivity contribution in [1.82, 2.24) is 0 Å². The predicted octanol–water partition coefficient (Wildman–Crippen LogP) is 3.35. The summed E-state index contributed by atoms with van der Waals surface area (Å²) in [7, 11) is 0. The Morgan fingerprint density at radius 1 is 0.846 bits per heavy atom. The second-order valence-electron chi connectivity index (χ2n) is 2.02. The quantitative estimate of drug-likeness (QED) is 0.509. The van der Waals surface area contributed by atoms with Gasteiger partial charge in [-0.15, -0.1) is 0 Å². The molecule has 1 unspecified atom stereocenters. The minimum Gasteiger partial charge on any atom is -0.232 e. The van der Waals surface area contributed by atoms with E-state index in [0.29, 0.717) is 0 Å². The summed E-state index contributed by atoms with van der Waals surface area (Å²) >= 11 is 3.69. The largest absolute Gasteiger partial charge is 0.456 e. The summed E-state index contributed by atoms with van der Waals surface area (Å²) < 4.78 is 92.1. The van der Waals surface area contributed by atoms with Gasteiger partial charge in [0.1, 0.15) is 0 Å². The summed E-state index contributed by atoms with van der Waals surface area (Å²) in [6, 6.07) is 0. The van der Waals surface area contributed by atoms with E-state index in [1.54, 1.807) is 0 Å². The van der Waals surface area contributed by atoms with Gasteiger partial charge in [0, 0.05) is 0 Å². The van der Waals surface area contributed by atoms with Crippen LogP contribution in [-0.4, -0.2) is 23.7 Å². The molecule has 80 valence electrons. The van der Waals surface area contributed by atoms with Crippen molar-refractivity contribution in [3.63, 3.8) is 0 Å². The maximum Gasteiger partial charge on any atom is 0.456 e. The minimum absolute atomic E-state index is 3.69. The highest BCUT2D eigenvalue weighted by atomic mass is 35.5. The van der Waals surface area contributed by atoms with Crippen LogP contribution in [0.25, 0.3) is 0 Å². The molecule has 0 spiro atoms. The Balaban J connectivity index is 4.86. The third-order valence-corrected chi connectivity index (χ3v) is 1.18. The lowest BCUT2D eigenvalue weighted by molar-refractivity contribution is -0.318. The molecule has 13 heavy (non-hydrogen) atoms. The number of hydrogen-bond donors (Lipinski definition) is 0. The average molecular weight is 236 g/mol. The molecule has 0 aromatic heterocycles. The molecule has 0 amide bonds. The normalized spacial score (nSPS) is 17.3. The van der Waals surface area contributed by atoms with Crippen LogP contribution >= 0.6 is 11.6 Å². The Labute approximate surface area is 71.5 Å². The summed E-state index contributed by atoms with van der Waals surface area (Å²) in [5.74, 6) is -6.17. The van der Waals surface area contributed by atoms with E-state index in [0.717, 1.165) is 0 Å². The van der Waals surface area contributed by atoms with E-state index in [4.69, 9.17) is 0 Å². The van der Waals surface area contributed by atoms with Crippen LogP contribution in [0.1, 0.15) is 0 Å². The van der Waals surface area contributed by atoms with Crippen LogP contribution in [-0.2, 0) is 0 Å². The molecule has 0 rings (SSSR count). The molecule has 0 saturated carbocycles. The van der Waals surface area contributed by atoms with E-state index in [1.165, 1.54) is 0 Å². The van der Waals surface area contributed by atoms with Gasteiger partial charge in [-0.2, -0.15) is 30.7 Å². The minimum atomic E-state index is -6.40. The van der Waals surface area contributed by atoms with Gasteiger partial charge in [0.05, 0.1) is 0 Å². The molecule has 1 atom stereocenters. The van der Waals surface area contributed by atoms with E-state index in [2.05, 4.69) is 11.6 Å². The van der Waals surface area contributed by atoms with Crippen molar-refractivity contribution in [1.29, 1.82) is 0 Å². The molecule has 0 radical (unpaired) electrons. The highest BCUT2D eigenvalue weighted by Gasteiger charge is 2.69. The van der Waals surface area contributed by atoms with Crippen LogP contribution < -0.4 is 0 Å². The molecule has 0 saturated heterocycles. The summed E-state index contributed by atoms with van der Waals surface area (Å²) in [5, 5.41) is -5.26. The van der Waals surface area contributed by atoms with Gasteiger partial charge in [-0.3, -0.25) is 0 Å². The second kappa shape index (κ2) is 3.14. The average Bonchev–Trinajstić information content (AvgIpc) is 1.81. The maximum atomic E-state index is 11.8. The summed E-state index contributed by atoms with van der Waals surface area (Å²) in [4.78, 5) is 0. The first-order valence-electron chi connectivity index (χ1n) is 2.56. The van der Waals surface area contributed by atoms with E-state index in [1.807, 2.05) is 0 Å². The van der Waals surface area contributed by atoms with Crippen LogP contribution in [0.4, 0.5) is 35.1 Å². The first-order chi connectivity index (χ1) is 5.40. The summed E-state index contributed by atoms with van der Waals surface area (Å²) in [6.45, 7) is 0. The first kappa shape index (κ1) is 12.7. The molecular weight excluding hydrogens is 235 g/mol. The lowest BCUT2D eigenvalue weighted by atomic mass is 10.2. The third-order valence-electron chi connectivity index (χ3n) is 0.984. The van der Waals surface area contributed by atoms with Crippen LogP contribution in [0.5, 0.6) is 0 Å². The van der Waals surface area contributed by atoms with Crippen LogP contribution in [0.2, 0.25) is 0 Å². The molecule has 0 N–H and O–H groups in total. The van der Waals surface area contributed by atoms with Crippen LogP contribution in [0, 0.1) is 0 Å². The van der Waals surface area contributed by atoms with Gasteiger partial charge in [-0.1, -0.05) is 0 Å². The third kappa shape index (κ3) is 2.58. The fourth-order valence-electron chi connectivity index (χ4n) is 0.349. The standard InChI is InChI=1S/C4HClF8/c5-3(9,10)1(6)2(7,8)4(11,12)13/h1H. The first-order valence-corrected chi connectivity index (χ1v) is 2.94. The van der Waals surface area contributed by atoms with Crippen molar-refractivity contribution in [2.45, 2.75) is 23.7 Å². The smallest absolute Gasteiger partial charge is 0.232 e. The molecule has 0 nitrogen and oxygen atoms in total. The Morgan fingerprint density at radius 3 is 1.23 bits per heavy atom. The number of alkyl halides is 9. The molecule has 0 aliphatic heterocycles. The van der Waals surface area contributed by atoms with Gasteiger partial charge in [0.25, 0.3) is 6.17 Å². The zero-order valence-electron chi connectivity index (χ0n) is 5.48. The maximum absolute atomic E-state index is 11.8. The van der Waals surface area contributed by atoms with Gasteiger partial charge in [0.15, 0.2) is 0 Å². The molecule has 0 aliphatic rings. The zero-order chi connectivity index (χ0) is 11.1. The monoisotopic (exact) mass is 236 g/mol. The van der Waals surface area contributed by atoms with Crippen LogP contribution in [0.15, 0.2) is 0 Å². The molecule has 0 aromatic rings. The van der Waals surface area contributed by atoms with E-state index < -0.39 is 23.7 Å². The van der Waals surface area contributed by atoms with E-state index in [9.17, 15) is 35.1 Å². The summed E-state index contributed by atoms with van der Waals surface area (Å²) in [6.07, 6.45) is -11.2. The number of hydrogen-bond acceptors (Lipinski definition) is 0. The van der Waals surface area contributed by atoms with Crippen molar-refractivity contribution >= 4 is 11.6 Å². The number of halogens is 9. The molecular formula is C4HClF8. The van der Waals surface area contributed by atoms with Crippen LogP contribution in [0.3, 0.4) is 0 Å². The van der Waals surface area contributed by atoms with Crippen molar-refractivity contribution in [3.05, 3.63) is 0 Å². The lowest BCUT2D eigenvalue weighted by Gasteiger charge is -2.25. The van der Waals surface area contributed by atoms with Gasteiger partial charge in [-0.05, 0) is 11.6 Å². The topological polar surface area (TPSA) is 0 Å². The molecule has 0 aromatic carbocycles. The Hall–Kier alpha value is -0.270. The van der Waals surface area contributed by atoms with Gasteiger partial charge >= 0.3 is 17.5 Å². The van der Waals surface area contributed by atoms with Gasteiger partial charge in [-0.25, -0.2) is 4.39 Å². The van der Waals surface area contributed by atoms with E-state index >= 15 is 0 Å². The van der Waals surface area contributed by atoms with E-state index in [-0.39, 0.29) is 0 Å². The highest BCUT2D eigenvalue weighted by molar-refractivity contribution is 6.22. The molecule has 9 heteroatoms. The fourth-order valence-corrected chi connectivity index (χ4v) is 0.486. The fraction of sp³-hybridized carbons (Fsp3) is 1.00. The predicted molar refractivity (Wildman–Crippen MR) is 26.7 cm³/mol. The highest BCUT2D eigenvalue weighted by Crippen LogP contribution is 2.45. The van der Waals surface area contributed by atoms with Crippen molar-refractivity contribution in [2.75, 3.05) is 0 Å². The molecule has 0 fully saturated rings. The van der Waals surface area contributed by atoms with Crippen molar-refractivity contribution in [2.24, 2.45) is 0 Å². The van der Waals surface area contributed by atoms with Gasteiger partial charge < -0.3 is 0 Å². The molecule has 0 heterocycles. The Kier molecular flexibility index (Phi) is 3.08. The Bertz CT molecular complexity index is 178.